The number of ether oxygens (including phenoxy) is 1. The van der Waals surface area contributed by atoms with E-state index in [4.69, 9.17) is 16.3 Å². The number of hydrogen-bond acceptors (Lipinski definition) is 4. The van der Waals surface area contributed by atoms with Crippen molar-refractivity contribution >= 4 is 34.0 Å². The lowest BCUT2D eigenvalue weighted by molar-refractivity contribution is -0.141. The maximum absolute atomic E-state index is 13.7. The Morgan fingerprint density at radius 2 is 1.68 bits per heavy atom. The van der Waals surface area contributed by atoms with E-state index < -0.39 is 23.0 Å². The smallest absolute Gasteiger partial charge is 0.435 e. The Hall–Kier alpha value is -3.44. The van der Waals surface area contributed by atoms with Crippen molar-refractivity contribution < 1.29 is 26.7 Å². The van der Waals surface area contributed by atoms with E-state index >= 15 is 0 Å². The molecule has 2 aromatic heterocycles. The van der Waals surface area contributed by atoms with E-state index in [1.165, 1.54) is 28.2 Å². The van der Waals surface area contributed by atoms with E-state index in [9.17, 15) is 21.9 Å². The second kappa shape index (κ2) is 10.1. The van der Waals surface area contributed by atoms with Gasteiger partial charge in [-0.15, -0.1) is 11.3 Å². The number of thiophene rings is 1. The number of benzene rings is 3. The van der Waals surface area contributed by atoms with Crippen molar-refractivity contribution in [3.63, 3.8) is 0 Å². The molecule has 0 aliphatic rings. The van der Waals surface area contributed by atoms with Crippen LogP contribution in [0.3, 0.4) is 0 Å². The summed E-state index contributed by atoms with van der Waals surface area (Å²) >= 11 is 5.29. The van der Waals surface area contributed by atoms with Gasteiger partial charge in [0.1, 0.15) is 11.4 Å². The second-order valence-electron chi connectivity index (χ2n) is 7.79. The minimum absolute atomic E-state index is 0.186. The number of rotatable bonds is 6. The molecule has 1 atom stereocenters. The molecule has 0 amide bonds. The number of hydrogen-bond donors (Lipinski definition) is 1. The van der Waals surface area contributed by atoms with Gasteiger partial charge >= 0.3 is 6.18 Å². The first kappa shape index (κ1) is 25.2. The fourth-order valence-corrected chi connectivity index (χ4v) is 5.22. The Labute approximate surface area is 221 Å². The van der Waals surface area contributed by atoms with Crippen LogP contribution in [0.25, 0.3) is 26.7 Å². The van der Waals surface area contributed by atoms with Crippen molar-refractivity contribution in [2.24, 2.45) is 0 Å². The third-order valence-corrected chi connectivity index (χ3v) is 7.35. The van der Waals surface area contributed by atoms with E-state index in [1.54, 1.807) is 66.7 Å². The first-order valence-corrected chi connectivity index (χ1v) is 13.0. The van der Waals surface area contributed by atoms with E-state index in [-0.39, 0.29) is 22.0 Å². The standard InChI is InChI=1S/C26H16ClF3N2O3S2/c27-17-9-10-22(35-18-6-2-1-3-7-18)20(14-17)32-21(15-25(31-32)26(28,29)30)24-12-11-23(36-24)16-5-4-8-19(13-16)37(33)34/h1-15H,(H,33,34). The summed E-state index contributed by atoms with van der Waals surface area (Å²) < 4.78 is 69.3. The highest BCUT2D eigenvalue weighted by Crippen LogP contribution is 2.41. The molecule has 5 aromatic rings. The summed E-state index contributed by atoms with van der Waals surface area (Å²) in [6, 6.07) is 24.3. The molecule has 1 unspecified atom stereocenters. The van der Waals surface area contributed by atoms with Crippen LogP contribution < -0.4 is 4.74 Å². The Morgan fingerprint density at radius 1 is 0.919 bits per heavy atom. The highest BCUT2D eigenvalue weighted by atomic mass is 35.5. The molecule has 1 N–H and O–H groups in total. The molecule has 0 fully saturated rings. The molecule has 0 saturated heterocycles. The van der Waals surface area contributed by atoms with Gasteiger partial charge in [-0.05, 0) is 66.2 Å². The molecule has 0 aliphatic carbocycles. The van der Waals surface area contributed by atoms with E-state index in [1.807, 2.05) is 6.07 Å². The Balaban J connectivity index is 1.63. The van der Waals surface area contributed by atoms with Gasteiger partial charge < -0.3 is 9.29 Å². The molecule has 0 spiro atoms. The average Bonchev–Trinajstić information content (AvgIpc) is 3.53. The third kappa shape index (κ3) is 5.47. The molecule has 11 heteroatoms. The van der Waals surface area contributed by atoms with Crippen LogP contribution in [0.4, 0.5) is 13.2 Å². The fourth-order valence-electron chi connectivity index (χ4n) is 3.63. The van der Waals surface area contributed by atoms with Gasteiger partial charge in [-0.2, -0.15) is 18.3 Å². The largest absolute Gasteiger partial charge is 0.455 e. The summed E-state index contributed by atoms with van der Waals surface area (Å²) in [5, 5.41) is 4.17. The summed E-state index contributed by atoms with van der Waals surface area (Å²) in [7, 11) is 0. The molecule has 0 aliphatic heterocycles. The molecule has 0 radical (unpaired) electrons. The van der Waals surface area contributed by atoms with Crippen LogP contribution in [0.1, 0.15) is 5.69 Å². The van der Waals surface area contributed by atoms with Crippen LogP contribution in [0.2, 0.25) is 5.02 Å². The zero-order chi connectivity index (χ0) is 26.2. The van der Waals surface area contributed by atoms with Crippen LogP contribution >= 0.6 is 22.9 Å². The van der Waals surface area contributed by atoms with Crippen molar-refractivity contribution in [2.75, 3.05) is 0 Å². The van der Waals surface area contributed by atoms with Crippen molar-refractivity contribution in [3.8, 4) is 38.2 Å². The van der Waals surface area contributed by atoms with Gasteiger partial charge in [-0.1, -0.05) is 41.9 Å². The molecule has 5 rings (SSSR count). The lowest BCUT2D eigenvalue weighted by Crippen LogP contribution is -2.08. The number of halogens is 4. The Morgan fingerprint density at radius 3 is 2.41 bits per heavy atom. The van der Waals surface area contributed by atoms with Crippen molar-refractivity contribution in [1.82, 2.24) is 9.78 Å². The Bertz CT molecular complexity index is 1600. The highest BCUT2D eigenvalue weighted by molar-refractivity contribution is 7.79. The van der Waals surface area contributed by atoms with Crippen LogP contribution in [-0.4, -0.2) is 18.5 Å². The van der Waals surface area contributed by atoms with E-state index in [0.717, 1.165) is 6.07 Å². The Kier molecular flexibility index (Phi) is 6.91. The predicted molar refractivity (Wildman–Crippen MR) is 138 cm³/mol. The highest BCUT2D eigenvalue weighted by Gasteiger charge is 2.36. The second-order valence-corrected chi connectivity index (χ2v) is 10.3. The number of aromatic nitrogens is 2. The van der Waals surface area contributed by atoms with Gasteiger partial charge in [-0.3, -0.25) is 0 Å². The summed E-state index contributed by atoms with van der Waals surface area (Å²) in [5.41, 5.74) is 0.00926. The summed E-state index contributed by atoms with van der Waals surface area (Å²) in [6.07, 6.45) is -4.68. The first-order valence-electron chi connectivity index (χ1n) is 10.7. The van der Waals surface area contributed by atoms with Crippen molar-refractivity contribution in [2.45, 2.75) is 11.1 Å². The van der Waals surface area contributed by atoms with Gasteiger partial charge in [0.15, 0.2) is 22.5 Å². The first-order chi connectivity index (χ1) is 17.7. The third-order valence-electron chi connectivity index (χ3n) is 5.30. The molecule has 0 bridgehead atoms. The molecule has 37 heavy (non-hydrogen) atoms. The lowest BCUT2D eigenvalue weighted by atomic mass is 10.2. The quantitative estimate of drug-likeness (QED) is 0.212. The molecule has 5 nitrogen and oxygen atoms in total. The summed E-state index contributed by atoms with van der Waals surface area (Å²) in [4.78, 5) is 1.42. The monoisotopic (exact) mass is 560 g/mol. The van der Waals surface area contributed by atoms with Crippen LogP contribution in [0, 0.1) is 0 Å². The van der Waals surface area contributed by atoms with E-state index in [2.05, 4.69) is 5.10 Å². The van der Waals surface area contributed by atoms with Gasteiger partial charge in [0, 0.05) is 9.90 Å². The summed E-state index contributed by atoms with van der Waals surface area (Å²) in [5.74, 6) is 0.763. The van der Waals surface area contributed by atoms with Crippen LogP contribution in [-0.2, 0) is 17.3 Å². The topological polar surface area (TPSA) is 64.3 Å². The van der Waals surface area contributed by atoms with Crippen molar-refractivity contribution in [1.29, 1.82) is 0 Å². The van der Waals surface area contributed by atoms with Crippen LogP contribution in [0.15, 0.2) is 95.9 Å². The predicted octanol–water partition coefficient (Wildman–Crippen LogP) is 8.31. The number of alkyl halides is 3. The maximum Gasteiger partial charge on any atom is 0.435 e. The zero-order valence-corrected chi connectivity index (χ0v) is 21.0. The zero-order valence-electron chi connectivity index (χ0n) is 18.6. The average molecular weight is 561 g/mol. The molecule has 2 heterocycles. The molecule has 3 aromatic carbocycles. The molecule has 188 valence electrons. The van der Waals surface area contributed by atoms with Crippen molar-refractivity contribution in [3.05, 3.63) is 102 Å². The fraction of sp³-hybridized carbons (Fsp3) is 0.0385. The molecular weight excluding hydrogens is 545 g/mol. The number of nitrogens with zero attached hydrogens (tertiary/aromatic N) is 2. The lowest BCUT2D eigenvalue weighted by Gasteiger charge is -2.14. The normalized spacial score (nSPS) is 12.5. The SMILES string of the molecule is O=S(O)c1cccc(-c2ccc(-c3cc(C(F)(F)F)nn3-c3cc(Cl)ccc3Oc3ccccc3)s2)c1. The summed E-state index contributed by atoms with van der Waals surface area (Å²) in [6.45, 7) is 0. The van der Waals surface area contributed by atoms with Gasteiger partial charge in [-0.25, -0.2) is 8.89 Å². The van der Waals surface area contributed by atoms with Crippen LogP contribution in [0.5, 0.6) is 11.5 Å². The van der Waals surface area contributed by atoms with Gasteiger partial charge in [0.05, 0.1) is 15.5 Å². The minimum Gasteiger partial charge on any atom is -0.455 e. The number of para-hydroxylation sites is 1. The minimum atomic E-state index is -4.68. The molecular formula is C26H16ClF3N2O3S2. The van der Waals surface area contributed by atoms with Gasteiger partial charge in [0.25, 0.3) is 0 Å². The van der Waals surface area contributed by atoms with Gasteiger partial charge in [0.2, 0.25) is 0 Å². The van der Waals surface area contributed by atoms with E-state index in [0.29, 0.717) is 26.1 Å². The molecule has 0 saturated carbocycles. The maximum atomic E-state index is 13.7.